The van der Waals surface area contributed by atoms with E-state index < -0.39 is 12.4 Å². The van der Waals surface area contributed by atoms with Gasteiger partial charge < -0.3 is 9.84 Å². The van der Waals surface area contributed by atoms with Gasteiger partial charge in [-0.25, -0.2) is 13.6 Å². The molecule has 1 aromatic carbocycles. The van der Waals surface area contributed by atoms with Crippen LogP contribution in [0.3, 0.4) is 0 Å². The molecule has 0 aliphatic carbocycles. The Morgan fingerprint density at radius 2 is 2.11 bits per heavy atom. The van der Waals surface area contributed by atoms with Gasteiger partial charge in [-0.2, -0.15) is 0 Å². The lowest BCUT2D eigenvalue weighted by Gasteiger charge is -2.16. The first-order valence-corrected chi connectivity index (χ1v) is 5.42. The van der Waals surface area contributed by atoms with E-state index in [-0.39, 0.29) is 24.5 Å². The van der Waals surface area contributed by atoms with E-state index in [1.807, 2.05) is 0 Å². The van der Waals surface area contributed by atoms with Crippen LogP contribution in [0.15, 0.2) is 24.3 Å². The van der Waals surface area contributed by atoms with E-state index in [1.165, 1.54) is 17.0 Å². The van der Waals surface area contributed by atoms with Crippen molar-refractivity contribution >= 4 is 5.97 Å². The second-order valence-corrected chi connectivity index (χ2v) is 3.80. The molecule has 1 N–H and O–H groups in total. The first kappa shape index (κ1) is 14.4. The molecular formula is C12H15F2NO3. The minimum atomic E-state index is -2.39. The van der Waals surface area contributed by atoms with Crippen LogP contribution in [-0.2, 0) is 0 Å². The maximum absolute atomic E-state index is 12.0. The van der Waals surface area contributed by atoms with Crippen molar-refractivity contribution in [3.63, 3.8) is 0 Å². The van der Waals surface area contributed by atoms with Crippen LogP contribution in [0.1, 0.15) is 10.4 Å². The molecule has 0 aliphatic rings. The summed E-state index contributed by atoms with van der Waals surface area (Å²) in [6, 6.07) is 6.22. The Morgan fingerprint density at radius 3 is 2.72 bits per heavy atom. The van der Waals surface area contributed by atoms with Crippen molar-refractivity contribution in [2.24, 2.45) is 0 Å². The van der Waals surface area contributed by atoms with Crippen molar-refractivity contribution in [2.75, 3.05) is 26.7 Å². The molecule has 4 nitrogen and oxygen atoms in total. The fourth-order valence-electron chi connectivity index (χ4n) is 1.41. The molecule has 0 aromatic heterocycles. The average molecular weight is 259 g/mol. The lowest BCUT2D eigenvalue weighted by molar-refractivity contribution is 0.0691. The Morgan fingerprint density at radius 1 is 1.44 bits per heavy atom. The van der Waals surface area contributed by atoms with Gasteiger partial charge in [-0.15, -0.1) is 0 Å². The molecule has 0 radical (unpaired) electrons. The molecule has 0 bridgehead atoms. The zero-order valence-electron chi connectivity index (χ0n) is 9.97. The quantitative estimate of drug-likeness (QED) is 0.813. The molecule has 1 rings (SSSR count). The molecule has 0 saturated heterocycles. The van der Waals surface area contributed by atoms with Crippen LogP contribution < -0.4 is 4.74 Å². The first-order valence-electron chi connectivity index (χ1n) is 5.42. The monoisotopic (exact) mass is 259 g/mol. The third-order valence-corrected chi connectivity index (χ3v) is 2.30. The van der Waals surface area contributed by atoms with E-state index >= 15 is 0 Å². The van der Waals surface area contributed by atoms with Gasteiger partial charge in [-0.3, -0.25) is 4.90 Å². The summed E-state index contributed by atoms with van der Waals surface area (Å²) in [5.74, 6) is -0.831. The molecule has 1 aromatic rings. The Hall–Kier alpha value is -1.69. The van der Waals surface area contributed by atoms with Gasteiger partial charge in [0, 0.05) is 6.54 Å². The zero-order chi connectivity index (χ0) is 13.5. The number of benzene rings is 1. The fraction of sp³-hybridized carbons (Fsp3) is 0.417. The van der Waals surface area contributed by atoms with Crippen LogP contribution in [-0.4, -0.2) is 49.1 Å². The number of hydrogen-bond acceptors (Lipinski definition) is 3. The Kier molecular flexibility index (Phi) is 5.51. The second kappa shape index (κ2) is 6.90. The van der Waals surface area contributed by atoms with E-state index in [2.05, 4.69) is 0 Å². The van der Waals surface area contributed by atoms with Gasteiger partial charge in [0.05, 0.1) is 6.54 Å². The minimum absolute atomic E-state index is 0.0639. The lowest BCUT2D eigenvalue weighted by Crippen LogP contribution is -2.29. The van der Waals surface area contributed by atoms with Crippen molar-refractivity contribution in [3.05, 3.63) is 29.8 Å². The number of ether oxygens (including phenoxy) is 1. The van der Waals surface area contributed by atoms with Gasteiger partial charge in [0.15, 0.2) is 0 Å². The van der Waals surface area contributed by atoms with Crippen LogP contribution >= 0.6 is 0 Å². The molecule has 0 spiro atoms. The summed E-state index contributed by atoms with van der Waals surface area (Å²) in [4.78, 5) is 12.3. The summed E-state index contributed by atoms with van der Waals surface area (Å²) in [5, 5.41) is 8.90. The van der Waals surface area contributed by atoms with E-state index in [0.717, 1.165) is 0 Å². The highest BCUT2D eigenvalue weighted by molar-refractivity contribution is 5.90. The van der Waals surface area contributed by atoms with E-state index in [9.17, 15) is 13.6 Å². The van der Waals surface area contributed by atoms with Crippen LogP contribution in [0, 0.1) is 0 Å². The number of rotatable bonds is 7. The number of aromatic carboxylic acids is 1. The van der Waals surface area contributed by atoms with Crippen molar-refractivity contribution in [1.82, 2.24) is 4.90 Å². The van der Waals surface area contributed by atoms with E-state index in [1.54, 1.807) is 19.2 Å². The van der Waals surface area contributed by atoms with Crippen molar-refractivity contribution < 1.29 is 23.4 Å². The van der Waals surface area contributed by atoms with Crippen LogP contribution in [0.5, 0.6) is 5.75 Å². The van der Waals surface area contributed by atoms with Gasteiger partial charge in [0.2, 0.25) is 0 Å². The number of halogens is 2. The summed E-state index contributed by atoms with van der Waals surface area (Å²) in [6.45, 7) is 0.135. The van der Waals surface area contributed by atoms with Gasteiger partial charge in [-0.1, -0.05) is 12.1 Å². The van der Waals surface area contributed by atoms with E-state index in [0.29, 0.717) is 6.54 Å². The molecular weight excluding hydrogens is 244 g/mol. The SMILES string of the molecule is CN(CCOc1ccccc1C(=O)O)CC(F)F. The largest absolute Gasteiger partial charge is 0.491 e. The van der Waals surface area contributed by atoms with Crippen LogP contribution in [0.2, 0.25) is 0 Å². The Bertz CT molecular complexity index is 399. The molecule has 6 heteroatoms. The average Bonchev–Trinajstić information content (AvgIpc) is 2.28. The summed E-state index contributed by atoms with van der Waals surface area (Å²) in [7, 11) is 1.55. The predicted molar refractivity (Wildman–Crippen MR) is 62.4 cm³/mol. The smallest absolute Gasteiger partial charge is 0.339 e. The number of hydrogen-bond donors (Lipinski definition) is 1. The van der Waals surface area contributed by atoms with Crippen LogP contribution in [0.4, 0.5) is 8.78 Å². The van der Waals surface area contributed by atoms with E-state index in [4.69, 9.17) is 9.84 Å². The zero-order valence-corrected chi connectivity index (χ0v) is 9.97. The van der Waals surface area contributed by atoms with Crippen molar-refractivity contribution in [3.8, 4) is 5.75 Å². The Balaban J connectivity index is 2.46. The second-order valence-electron chi connectivity index (χ2n) is 3.80. The van der Waals surface area contributed by atoms with Crippen LogP contribution in [0.25, 0.3) is 0 Å². The number of para-hydroxylation sites is 1. The van der Waals surface area contributed by atoms with Gasteiger partial charge in [0.1, 0.15) is 17.9 Å². The molecule has 0 heterocycles. The molecule has 0 atom stereocenters. The highest BCUT2D eigenvalue weighted by Crippen LogP contribution is 2.17. The number of nitrogens with zero attached hydrogens (tertiary/aromatic N) is 1. The number of carbonyl (C=O) groups is 1. The maximum Gasteiger partial charge on any atom is 0.339 e. The number of carboxylic acids is 1. The summed E-state index contributed by atoms with van der Waals surface area (Å²) >= 11 is 0. The topological polar surface area (TPSA) is 49.8 Å². The molecule has 18 heavy (non-hydrogen) atoms. The number of carboxylic acid groups (broad SMARTS) is 1. The lowest BCUT2D eigenvalue weighted by atomic mass is 10.2. The summed E-state index contributed by atoms with van der Waals surface area (Å²) < 4.78 is 29.4. The molecule has 0 amide bonds. The molecule has 0 unspecified atom stereocenters. The number of alkyl halides is 2. The molecule has 0 aliphatic heterocycles. The summed E-state index contributed by atoms with van der Waals surface area (Å²) in [6.07, 6.45) is -2.39. The van der Waals surface area contributed by atoms with Gasteiger partial charge in [0.25, 0.3) is 6.43 Å². The Labute approximate surface area is 104 Å². The first-order chi connectivity index (χ1) is 8.50. The highest BCUT2D eigenvalue weighted by atomic mass is 19.3. The molecule has 0 fully saturated rings. The standard InChI is InChI=1S/C12H15F2NO3/c1-15(8-11(13)14)6-7-18-10-5-3-2-4-9(10)12(16)17/h2-5,11H,6-8H2,1H3,(H,16,17). The summed E-state index contributed by atoms with van der Waals surface area (Å²) in [5.41, 5.74) is 0.0639. The van der Waals surface area contributed by atoms with Crippen molar-refractivity contribution in [1.29, 1.82) is 0 Å². The normalized spacial score (nSPS) is 10.9. The highest BCUT2D eigenvalue weighted by Gasteiger charge is 2.11. The fourth-order valence-corrected chi connectivity index (χ4v) is 1.41. The third kappa shape index (κ3) is 4.67. The molecule has 0 saturated carbocycles. The predicted octanol–water partition coefficient (Wildman–Crippen LogP) is 1.96. The molecule has 100 valence electrons. The minimum Gasteiger partial charge on any atom is -0.491 e. The number of likely N-dealkylation sites (N-methyl/N-ethyl adjacent to an activating group) is 1. The third-order valence-electron chi connectivity index (χ3n) is 2.30. The van der Waals surface area contributed by atoms with Gasteiger partial charge >= 0.3 is 5.97 Å². The van der Waals surface area contributed by atoms with Gasteiger partial charge in [-0.05, 0) is 19.2 Å². The van der Waals surface area contributed by atoms with Crippen molar-refractivity contribution in [2.45, 2.75) is 6.43 Å². The maximum atomic E-state index is 12.0.